The van der Waals surface area contributed by atoms with E-state index in [0.717, 1.165) is 50.4 Å². The van der Waals surface area contributed by atoms with Crippen LogP contribution in [-0.2, 0) is 19.0 Å². The van der Waals surface area contributed by atoms with Crippen LogP contribution >= 0.6 is 0 Å². The first-order valence-corrected chi connectivity index (χ1v) is 19.7. The molecule has 0 amide bonds. The summed E-state index contributed by atoms with van der Waals surface area (Å²) < 4.78 is 16.8. The summed E-state index contributed by atoms with van der Waals surface area (Å²) >= 11 is 0. The van der Waals surface area contributed by atoms with Gasteiger partial charge in [0.15, 0.2) is 0 Å². The van der Waals surface area contributed by atoms with Crippen molar-refractivity contribution in [1.82, 2.24) is 0 Å². The molecule has 4 rings (SSSR count). The van der Waals surface area contributed by atoms with Crippen LogP contribution < -0.4 is 0 Å². The van der Waals surface area contributed by atoms with Crippen molar-refractivity contribution < 1.29 is 19.0 Å². The maximum atomic E-state index is 11.6. The minimum Gasteiger partial charge on any atom is -0.465 e. The van der Waals surface area contributed by atoms with Crippen LogP contribution in [0.5, 0.6) is 0 Å². The predicted molar refractivity (Wildman–Crippen MR) is 210 cm³/mol. The van der Waals surface area contributed by atoms with Crippen LogP contribution in [0.3, 0.4) is 0 Å². The van der Waals surface area contributed by atoms with E-state index in [-0.39, 0.29) is 17.3 Å². The smallest absolute Gasteiger partial charge is 0.308 e. The summed E-state index contributed by atoms with van der Waals surface area (Å²) in [4.78, 5) is 11.6. The molecule has 0 radical (unpaired) electrons. The van der Waals surface area contributed by atoms with Crippen molar-refractivity contribution in [3.8, 4) is 0 Å². The Balaban J connectivity index is 0.000000401. The lowest BCUT2D eigenvalue weighted by molar-refractivity contribution is -0.148. The molecule has 0 aliphatic heterocycles. The largest absolute Gasteiger partial charge is 0.465 e. The molecule has 0 spiro atoms. The first kappa shape index (κ1) is 44.9. The highest BCUT2D eigenvalue weighted by Gasteiger charge is 2.29. The van der Waals surface area contributed by atoms with Gasteiger partial charge in [-0.25, -0.2) is 0 Å². The van der Waals surface area contributed by atoms with Crippen molar-refractivity contribution in [1.29, 1.82) is 0 Å². The number of benzene rings is 2. The van der Waals surface area contributed by atoms with Crippen molar-refractivity contribution >= 4 is 5.97 Å². The Hall–Kier alpha value is -2.17. The van der Waals surface area contributed by atoms with Crippen LogP contribution in [-0.4, -0.2) is 39.0 Å². The lowest BCUT2D eigenvalue weighted by atomic mass is 9.76. The van der Waals surface area contributed by atoms with E-state index in [1.54, 1.807) is 0 Å². The van der Waals surface area contributed by atoms with E-state index in [1.165, 1.54) is 63.4 Å². The molecular formula is C45H76O4. The first-order valence-electron chi connectivity index (χ1n) is 19.7. The molecule has 2 saturated carbocycles. The van der Waals surface area contributed by atoms with E-state index in [9.17, 15) is 4.79 Å². The minimum atomic E-state index is -0.0999. The van der Waals surface area contributed by atoms with Crippen molar-refractivity contribution in [3.63, 3.8) is 0 Å². The molecule has 49 heavy (non-hydrogen) atoms. The summed E-state index contributed by atoms with van der Waals surface area (Å²) in [6, 6.07) is 22.3. The summed E-state index contributed by atoms with van der Waals surface area (Å²) in [5.41, 5.74) is 1.47. The Kier molecular flexibility index (Phi) is 25.2. The summed E-state index contributed by atoms with van der Waals surface area (Å²) in [6.45, 7) is 15.7. The fourth-order valence-electron chi connectivity index (χ4n) is 6.90. The van der Waals surface area contributed by atoms with Crippen LogP contribution in [0.4, 0.5) is 0 Å². The number of carbonyl (C=O) groups excluding carboxylic acids is 1. The summed E-state index contributed by atoms with van der Waals surface area (Å²) in [5, 5.41) is 0. The number of ether oxygens (including phenoxy) is 3. The van der Waals surface area contributed by atoms with Crippen LogP contribution in [0.1, 0.15) is 143 Å². The van der Waals surface area contributed by atoms with E-state index in [0.29, 0.717) is 24.7 Å². The van der Waals surface area contributed by atoms with Gasteiger partial charge in [-0.05, 0) is 68.6 Å². The summed E-state index contributed by atoms with van der Waals surface area (Å²) in [6.07, 6.45) is 20.0. The molecule has 2 aromatic rings. The molecule has 0 heterocycles. The summed E-state index contributed by atoms with van der Waals surface area (Å²) in [7, 11) is 3.67. The fraction of sp³-hybridized carbons (Fsp3) is 0.711. The van der Waals surface area contributed by atoms with Gasteiger partial charge in [0.05, 0.1) is 24.7 Å². The number of hydrogen-bond donors (Lipinski definition) is 0. The SMILES string of the molecule is CC1CCCCC(C)CCC1.COC1CCCCC(OC)CC(CC(C)(C)CCOC(=O)C(C)C)C1.Cc1ccccc1.c1ccccc1. The Morgan fingerprint density at radius 1 is 0.694 bits per heavy atom. The van der Waals surface area contributed by atoms with Gasteiger partial charge in [-0.15, -0.1) is 0 Å². The first-order chi connectivity index (χ1) is 23.5. The standard InChI is InChI=1S/C21H40O4.C11H22.C7H8.C6H6/c1-16(2)20(22)25-12-11-21(3,4)15-17-13-18(23-5)9-7-8-10-19(14-17)24-6;1-10-6-3-4-7-11(2)9-5-8-10;1-7-5-3-2-4-6-7;1-2-4-6-5-3-1/h16-19H,7-15H2,1-6H3;10-11H,3-9H2,1-2H3;2-6H,1H3;1-6H. The lowest BCUT2D eigenvalue weighted by Crippen LogP contribution is -2.26. The van der Waals surface area contributed by atoms with E-state index in [2.05, 4.69) is 46.8 Å². The zero-order valence-electron chi connectivity index (χ0n) is 33.3. The molecular weight excluding hydrogens is 604 g/mol. The third-order valence-corrected chi connectivity index (χ3v) is 10.1. The molecule has 4 unspecified atom stereocenters. The van der Waals surface area contributed by atoms with Gasteiger partial charge < -0.3 is 14.2 Å². The second-order valence-corrected chi connectivity index (χ2v) is 16.0. The van der Waals surface area contributed by atoms with Gasteiger partial charge in [0.25, 0.3) is 0 Å². The number of carbonyl (C=O) groups is 1. The molecule has 0 aromatic heterocycles. The van der Waals surface area contributed by atoms with Crippen LogP contribution in [0.25, 0.3) is 0 Å². The van der Waals surface area contributed by atoms with Gasteiger partial charge >= 0.3 is 5.97 Å². The lowest BCUT2D eigenvalue weighted by Gasteiger charge is -2.32. The van der Waals surface area contributed by atoms with E-state index < -0.39 is 0 Å². The van der Waals surface area contributed by atoms with Gasteiger partial charge in [0.1, 0.15) is 0 Å². The second-order valence-electron chi connectivity index (χ2n) is 16.0. The van der Waals surface area contributed by atoms with Crippen molar-refractivity contribution in [2.45, 2.75) is 157 Å². The number of rotatable bonds is 8. The van der Waals surface area contributed by atoms with Gasteiger partial charge in [0, 0.05) is 14.2 Å². The highest BCUT2D eigenvalue weighted by atomic mass is 16.5. The molecule has 4 heteroatoms. The van der Waals surface area contributed by atoms with E-state index in [4.69, 9.17) is 14.2 Å². The highest BCUT2D eigenvalue weighted by Crippen LogP contribution is 2.36. The fourth-order valence-corrected chi connectivity index (χ4v) is 6.90. The maximum Gasteiger partial charge on any atom is 0.308 e. The molecule has 280 valence electrons. The maximum absolute atomic E-state index is 11.6. The third-order valence-electron chi connectivity index (χ3n) is 10.1. The zero-order valence-corrected chi connectivity index (χ0v) is 33.3. The topological polar surface area (TPSA) is 44.8 Å². The zero-order chi connectivity index (χ0) is 36.3. The molecule has 4 atom stereocenters. The average molecular weight is 681 g/mol. The third kappa shape index (κ3) is 24.6. The van der Waals surface area contributed by atoms with E-state index in [1.807, 2.05) is 82.7 Å². The number of esters is 1. The average Bonchev–Trinajstić information content (AvgIpc) is 3.24. The predicted octanol–water partition coefficient (Wildman–Crippen LogP) is 12.7. The molecule has 0 saturated heterocycles. The van der Waals surface area contributed by atoms with Gasteiger partial charge in [-0.1, -0.05) is 172 Å². The van der Waals surface area contributed by atoms with Crippen LogP contribution in [0, 0.1) is 36.0 Å². The number of methoxy groups -OCH3 is 2. The molecule has 4 nitrogen and oxygen atoms in total. The molecule has 0 N–H and O–H groups in total. The highest BCUT2D eigenvalue weighted by molar-refractivity contribution is 5.71. The Morgan fingerprint density at radius 3 is 1.49 bits per heavy atom. The molecule has 2 aliphatic carbocycles. The van der Waals surface area contributed by atoms with Gasteiger partial charge in [-0.2, -0.15) is 0 Å². The molecule has 0 bridgehead atoms. The van der Waals surface area contributed by atoms with Crippen molar-refractivity contribution in [2.75, 3.05) is 20.8 Å². The normalized spacial score (nSPS) is 23.4. The second kappa shape index (κ2) is 27.5. The van der Waals surface area contributed by atoms with E-state index >= 15 is 0 Å². The minimum absolute atomic E-state index is 0.0533. The van der Waals surface area contributed by atoms with Crippen molar-refractivity contribution in [2.24, 2.45) is 29.1 Å². The molecule has 2 fully saturated rings. The Labute approximate surface area is 303 Å². The number of aryl methyl sites for hydroxylation is 1. The monoisotopic (exact) mass is 681 g/mol. The Bertz CT molecular complexity index is 966. The van der Waals surface area contributed by atoms with Gasteiger partial charge in [0.2, 0.25) is 0 Å². The number of hydrogen-bond acceptors (Lipinski definition) is 4. The van der Waals surface area contributed by atoms with Crippen molar-refractivity contribution in [3.05, 3.63) is 72.3 Å². The molecule has 2 aliphatic rings. The quantitative estimate of drug-likeness (QED) is 0.260. The van der Waals surface area contributed by atoms with Crippen LogP contribution in [0.15, 0.2) is 66.7 Å². The summed E-state index contributed by atoms with van der Waals surface area (Å²) in [5.74, 6) is 2.43. The van der Waals surface area contributed by atoms with Crippen LogP contribution in [0.2, 0.25) is 0 Å². The Morgan fingerprint density at radius 2 is 1.10 bits per heavy atom. The van der Waals surface area contributed by atoms with Gasteiger partial charge in [-0.3, -0.25) is 4.79 Å². The molecule has 2 aromatic carbocycles.